The highest BCUT2D eigenvalue weighted by molar-refractivity contribution is 7.92. The highest BCUT2D eigenvalue weighted by Crippen LogP contribution is 2.41. The minimum absolute atomic E-state index is 0.304. The summed E-state index contributed by atoms with van der Waals surface area (Å²) in [5.41, 5.74) is 1.89. The number of fused-ring (bicyclic) bond motifs is 1. The van der Waals surface area contributed by atoms with E-state index in [-0.39, 0.29) is 18.5 Å². The standard InChI is InChI=1S/C23H30N2O5S/c1-6-16-7-9-17(10-8-16)25(31(5,27)28)15-22(26)24-20-14-23(2,3)30-21-12-11-18(29-4)13-19(20)21/h7-13,20H,6,14-15H2,1-5H3,(H,24,26)/t20-/m1/s1. The van der Waals surface area contributed by atoms with Crippen molar-refractivity contribution < 1.29 is 22.7 Å². The number of sulfonamides is 1. The van der Waals surface area contributed by atoms with E-state index in [0.717, 1.165) is 28.1 Å². The quantitative estimate of drug-likeness (QED) is 0.704. The Labute approximate surface area is 184 Å². The molecule has 2 aromatic carbocycles. The number of methoxy groups -OCH3 is 1. The zero-order chi connectivity index (χ0) is 22.8. The Kier molecular flexibility index (Phi) is 6.50. The van der Waals surface area contributed by atoms with Crippen molar-refractivity contribution in [1.82, 2.24) is 5.32 Å². The average molecular weight is 447 g/mol. The summed E-state index contributed by atoms with van der Waals surface area (Å²) in [6.07, 6.45) is 2.50. The molecule has 1 atom stereocenters. The number of hydrogen-bond acceptors (Lipinski definition) is 5. The topological polar surface area (TPSA) is 84.9 Å². The van der Waals surface area contributed by atoms with Gasteiger partial charge in [-0.2, -0.15) is 0 Å². The van der Waals surface area contributed by atoms with Crippen molar-refractivity contribution in [2.45, 2.75) is 45.3 Å². The van der Waals surface area contributed by atoms with Gasteiger partial charge in [0.05, 0.1) is 25.1 Å². The SMILES string of the molecule is CCc1ccc(N(CC(=O)N[C@@H]2CC(C)(C)Oc3ccc(OC)cc32)S(C)(=O)=O)cc1. The van der Waals surface area contributed by atoms with Gasteiger partial charge in [0.25, 0.3) is 0 Å². The summed E-state index contributed by atoms with van der Waals surface area (Å²) in [5, 5.41) is 3.00. The zero-order valence-electron chi connectivity index (χ0n) is 18.6. The van der Waals surface area contributed by atoms with E-state index < -0.39 is 15.6 Å². The minimum atomic E-state index is -3.64. The Morgan fingerprint density at radius 2 is 1.90 bits per heavy atom. The van der Waals surface area contributed by atoms with Crippen LogP contribution in [0.25, 0.3) is 0 Å². The molecule has 0 aliphatic carbocycles. The molecular weight excluding hydrogens is 416 g/mol. The maximum absolute atomic E-state index is 13.0. The fraction of sp³-hybridized carbons (Fsp3) is 0.435. The number of ether oxygens (including phenoxy) is 2. The van der Waals surface area contributed by atoms with Crippen LogP contribution in [0.2, 0.25) is 0 Å². The van der Waals surface area contributed by atoms with Gasteiger partial charge >= 0.3 is 0 Å². The van der Waals surface area contributed by atoms with Gasteiger partial charge in [-0.25, -0.2) is 8.42 Å². The Morgan fingerprint density at radius 3 is 2.48 bits per heavy atom. The van der Waals surface area contributed by atoms with Gasteiger partial charge in [0.1, 0.15) is 23.6 Å². The third-order valence-corrected chi connectivity index (χ3v) is 6.47. The number of carbonyl (C=O) groups excluding carboxylic acids is 1. The second-order valence-corrected chi connectivity index (χ2v) is 10.3. The first-order valence-corrected chi connectivity index (χ1v) is 12.1. The molecule has 0 saturated heterocycles. The molecule has 0 spiro atoms. The monoisotopic (exact) mass is 446 g/mol. The molecular formula is C23H30N2O5S. The van der Waals surface area contributed by atoms with Crippen LogP contribution in [-0.4, -0.2) is 39.8 Å². The summed E-state index contributed by atoms with van der Waals surface area (Å²) in [4.78, 5) is 13.0. The maximum atomic E-state index is 13.0. The lowest BCUT2D eigenvalue weighted by molar-refractivity contribution is -0.120. The van der Waals surface area contributed by atoms with Crippen molar-refractivity contribution in [3.8, 4) is 11.5 Å². The maximum Gasteiger partial charge on any atom is 0.241 e. The van der Waals surface area contributed by atoms with E-state index in [0.29, 0.717) is 23.6 Å². The molecule has 0 unspecified atom stereocenters. The van der Waals surface area contributed by atoms with E-state index in [1.165, 1.54) is 0 Å². The molecule has 7 nitrogen and oxygen atoms in total. The van der Waals surface area contributed by atoms with Crippen LogP contribution < -0.4 is 19.1 Å². The number of nitrogens with zero attached hydrogens (tertiary/aromatic N) is 1. The highest BCUT2D eigenvalue weighted by atomic mass is 32.2. The van der Waals surface area contributed by atoms with Gasteiger partial charge < -0.3 is 14.8 Å². The van der Waals surface area contributed by atoms with E-state index in [4.69, 9.17) is 9.47 Å². The van der Waals surface area contributed by atoms with Crippen LogP contribution in [0.5, 0.6) is 11.5 Å². The van der Waals surface area contributed by atoms with Crippen LogP contribution in [0.4, 0.5) is 5.69 Å². The third-order valence-electron chi connectivity index (χ3n) is 5.33. The highest BCUT2D eigenvalue weighted by Gasteiger charge is 2.35. The summed E-state index contributed by atoms with van der Waals surface area (Å²) in [6.45, 7) is 5.63. The first-order chi connectivity index (χ1) is 14.5. The van der Waals surface area contributed by atoms with Gasteiger partial charge in [0, 0.05) is 12.0 Å². The molecule has 1 aliphatic heterocycles. The van der Waals surface area contributed by atoms with Gasteiger partial charge in [0.2, 0.25) is 15.9 Å². The van der Waals surface area contributed by atoms with E-state index in [1.807, 2.05) is 51.1 Å². The third kappa shape index (κ3) is 5.50. The van der Waals surface area contributed by atoms with Crippen LogP contribution in [0, 0.1) is 0 Å². The van der Waals surface area contributed by atoms with Crippen LogP contribution in [0.15, 0.2) is 42.5 Å². The molecule has 31 heavy (non-hydrogen) atoms. The number of carbonyl (C=O) groups is 1. The van der Waals surface area contributed by atoms with E-state index in [2.05, 4.69) is 5.32 Å². The average Bonchev–Trinajstić information content (AvgIpc) is 2.70. The Hall–Kier alpha value is -2.74. The molecule has 0 saturated carbocycles. The van der Waals surface area contributed by atoms with Crippen LogP contribution in [-0.2, 0) is 21.2 Å². The lowest BCUT2D eigenvalue weighted by Gasteiger charge is -2.38. The summed E-state index contributed by atoms with van der Waals surface area (Å²) in [7, 11) is -2.06. The number of nitrogens with one attached hydrogen (secondary N) is 1. The number of anilines is 1. The Bertz CT molecular complexity index is 1050. The van der Waals surface area contributed by atoms with E-state index in [1.54, 1.807) is 19.2 Å². The first kappa shape index (κ1) is 22.9. The van der Waals surface area contributed by atoms with E-state index in [9.17, 15) is 13.2 Å². The molecule has 2 aromatic rings. The van der Waals surface area contributed by atoms with Crippen LogP contribution >= 0.6 is 0 Å². The van der Waals surface area contributed by atoms with Gasteiger partial charge in [-0.05, 0) is 56.2 Å². The molecule has 0 fully saturated rings. The van der Waals surface area contributed by atoms with Crippen molar-refractivity contribution in [3.05, 3.63) is 53.6 Å². The predicted octanol–water partition coefficient (Wildman–Crippen LogP) is 3.44. The van der Waals surface area contributed by atoms with Gasteiger partial charge in [0.15, 0.2) is 0 Å². The molecule has 0 bridgehead atoms. The minimum Gasteiger partial charge on any atom is -0.497 e. The summed E-state index contributed by atoms with van der Waals surface area (Å²) in [5.74, 6) is 0.953. The van der Waals surface area contributed by atoms with Gasteiger partial charge in [-0.1, -0.05) is 19.1 Å². The lowest BCUT2D eigenvalue weighted by Crippen LogP contribution is -2.45. The molecule has 1 amide bonds. The Morgan fingerprint density at radius 1 is 1.23 bits per heavy atom. The van der Waals surface area contributed by atoms with Crippen molar-refractivity contribution in [1.29, 1.82) is 0 Å². The molecule has 168 valence electrons. The van der Waals surface area contributed by atoms with Crippen molar-refractivity contribution >= 4 is 21.6 Å². The molecule has 0 aromatic heterocycles. The molecule has 1 N–H and O–H groups in total. The van der Waals surface area contributed by atoms with Crippen LogP contribution in [0.3, 0.4) is 0 Å². The lowest BCUT2D eigenvalue weighted by atomic mass is 9.89. The second kappa shape index (κ2) is 8.78. The number of hydrogen-bond donors (Lipinski definition) is 1. The number of rotatable bonds is 7. The normalized spacial score (nSPS) is 17.3. The summed E-state index contributed by atoms with van der Waals surface area (Å²) in [6, 6.07) is 12.3. The van der Waals surface area contributed by atoms with Crippen molar-refractivity contribution in [2.75, 3.05) is 24.2 Å². The number of amides is 1. The molecule has 0 radical (unpaired) electrons. The van der Waals surface area contributed by atoms with E-state index >= 15 is 0 Å². The summed E-state index contributed by atoms with van der Waals surface area (Å²) >= 11 is 0. The molecule has 3 rings (SSSR count). The van der Waals surface area contributed by atoms with Crippen molar-refractivity contribution in [3.63, 3.8) is 0 Å². The fourth-order valence-electron chi connectivity index (χ4n) is 3.76. The van der Waals surface area contributed by atoms with Gasteiger partial charge in [-0.15, -0.1) is 0 Å². The number of benzene rings is 2. The van der Waals surface area contributed by atoms with Crippen molar-refractivity contribution in [2.24, 2.45) is 0 Å². The zero-order valence-corrected chi connectivity index (χ0v) is 19.5. The number of aryl methyl sites for hydroxylation is 1. The second-order valence-electron chi connectivity index (χ2n) is 8.38. The molecule has 1 heterocycles. The fourth-order valence-corrected chi connectivity index (χ4v) is 4.61. The molecule has 1 aliphatic rings. The van der Waals surface area contributed by atoms with Gasteiger partial charge in [-0.3, -0.25) is 9.10 Å². The Balaban J connectivity index is 1.84. The predicted molar refractivity (Wildman–Crippen MR) is 121 cm³/mol. The smallest absolute Gasteiger partial charge is 0.241 e. The summed E-state index contributed by atoms with van der Waals surface area (Å²) < 4.78 is 37.3. The largest absolute Gasteiger partial charge is 0.497 e. The first-order valence-electron chi connectivity index (χ1n) is 10.3. The van der Waals surface area contributed by atoms with Crippen LogP contribution in [0.1, 0.15) is 44.4 Å². The molecule has 8 heteroatoms.